The lowest BCUT2D eigenvalue weighted by atomic mass is 10.0. The molecule has 0 spiro atoms. The minimum absolute atomic E-state index is 0.0242. The first-order chi connectivity index (χ1) is 11.5. The predicted molar refractivity (Wildman–Crippen MR) is 95.8 cm³/mol. The highest BCUT2D eigenvalue weighted by Gasteiger charge is 2.25. The van der Waals surface area contributed by atoms with Gasteiger partial charge in [0.25, 0.3) is 0 Å². The normalized spacial score (nSPS) is 18.3. The Morgan fingerprint density at radius 1 is 1.42 bits per heavy atom. The smallest absolute Gasteiger partial charge is 0.222 e. The largest absolute Gasteiger partial charge is 0.354 e. The van der Waals surface area contributed by atoms with E-state index in [0.717, 1.165) is 25.5 Å². The van der Waals surface area contributed by atoms with Gasteiger partial charge in [-0.05, 0) is 24.3 Å². The van der Waals surface area contributed by atoms with E-state index in [1.165, 1.54) is 12.0 Å². The summed E-state index contributed by atoms with van der Waals surface area (Å²) in [7, 11) is 3.76. The summed E-state index contributed by atoms with van der Waals surface area (Å²) in [6.07, 6.45) is 6.27. The number of nitrogens with one attached hydrogen (secondary N) is 2. The Morgan fingerprint density at radius 3 is 2.79 bits per heavy atom. The van der Waals surface area contributed by atoms with Crippen molar-refractivity contribution in [1.29, 1.82) is 0 Å². The lowest BCUT2D eigenvalue weighted by Gasteiger charge is -2.22. The van der Waals surface area contributed by atoms with Crippen molar-refractivity contribution in [2.75, 3.05) is 33.2 Å². The van der Waals surface area contributed by atoms with E-state index >= 15 is 0 Å². The molecule has 1 aliphatic rings. The van der Waals surface area contributed by atoms with Crippen LogP contribution in [-0.4, -0.2) is 59.8 Å². The number of amides is 1. The summed E-state index contributed by atoms with van der Waals surface area (Å²) < 4.78 is 1.86. The minimum atomic E-state index is 0.0242. The van der Waals surface area contributed by atoms with Gasteiger partial charge in [0.05, 0.1) is 6.20 Å². The molecule has 0 aliphatic carbocycles. The molecule has 1 aromatic rings. The van der Waals surface area contributed by atoms with Crippen molar-refractivity contribution >= 4 is 11.9 Å². The van der Waals surface area contributed by atoms with E-state index in [9.17, 15) is 4.79 Å². The molecule has 2 rings (SSSR count). The maximum absolute atomic E-state index is 11.5. The van der Waals surface area contributed by atoms with Crippen LogP contribution in [0.4, 0.5) is 0 Å². The van der Waals surface area contributed by atoms with E-state index in [1.54, 1.807) is 0 Å². The van der Waals surface area contributed by atoms with E-state index in [0.29, 0.717) is 19.0 Å². The highest BCUT2D eigenvalue weighted by Crippen LogP contribution is 2.20. The third-order valence-electron chi connectivity index (χ3n) is 4.31. The molecule has 1 fully saturated rings. The number of aryl methyl sites for hydroxylation is 1. The van der Waals surface area contributed by atoms with Crippen LogP contribution in [-0.2, 0) is 18.3 Å². The molecule has 1 saturated heterocycles. The van der Waals surface area contributed by atoms with Crippen molar-refractivity contribution in [2.45, 2.75) is 26.7 Å². The Labute approximate surface area is 144 Å². The number of aromatic nitrogens is 2. The number of carbonyl (C=O) groups excluding carboxylic acids is 1. The van der Waals surface area contributed by atoms with Crippen molar-refractivity contribution in [1.82, 2.24) is 25.3 Å². The van der Waals surface area contributed by atoms with Gasteiger partial charge in [-0.2, -0.15) is 5.10 Å². The lowest BCUT2D eigenvalue weighted by Crippen LogP contribution is -2.43. The lowest BCUT2D eigenvalue weighted by molar-refractivity contribution is -0.123. The van der Waals surface area contributed by atoms with Crippen LogP contribution in [0.5, 0.6) is 0 Å². The number of aliphatic imine (C=N–C) groups is 1. The molecule has 1 aromatic heterocycles. The summed E-state index contributed by atoms with van der Waals surface area (Å²) in [4.78, 5) is 18.2. The zero-order chi connectivity index (χ0) is 17.5. The molecular weight excluding hydrogens is 304 g/mol. The molecule has 2 heterocycles. The summed E-state index contributed by atoms with van der Waals surface area (Å²) in [5.74, 6) is 1.66. The number of rotatable bonds is 6. The predicted octanol–water partition coefficient (Wildman–Crippen LogP) is 0.632. The Morgan fingerprint density at radius 2 is 2.17 bits per heavy atom. The number of guanidine groups is 1. The van der Waals surface area contributed by atoms with Crippen molar-refractivity contribution in [3.8, 4) is 0 Å². The van der Waals surface area contributed by atoms with Crippen molar-refractivity contribution < 1.29 is 4.79 Å². The first kappa shape index (κ1) is 18.3. The quantitative estimate of drug-likeness (QED) is 0.455. The Balaban J connectivity index is 1.73. The minimum Gasteiger partial charge on any atom is -0.354 e. The summed E-state index contributed by atoms with van der Waals surface area (Å²) in [5, 5.41) is 10.5. The standard InChI is InChI=1S/C17H30N6O/c1-13(2)16(24)19-6-7-20-17(18-3)23-8-5-14(12-23)9-15-10-21-22(4)11-15/h10-11,13-14H,5-9,12H2,1-4H3,(H,18,20)(H,19,24). The summed E-state index contributed by atoms with van der Waals surface area (Å²) in [6.45, 7) is 7.12. The van der Waals surface area contributed by atoms with Gasteiger partial charge in [-0.1, -0.05) is 13.8 Å². The summed E-state index contributed by atoms with van der Waals surface area (Å²) >= 11 is 0. The van der Waals surface area contributed by atoms with Crippen molar-refractivity contribution in [3.05, 3.63) is 18.0 Å². The van der Waals surface area contributed by atoms with Gasteiger partial charge >= 0.3 is 0 Å². The second-order valence-electron chi connectivity index (χ2n) is 6.75. The summed E-state index contributed by atoms with van der Waals surface area (Å²) in [5.41, 5.74) is 1.30. The fraction of sp³-hybridized carbons (Fsp3) is 0.706. The topological polar surface area (TPSA) is 74.6 Å². The zero-order valence-corrected chi connectivity index (χ0v) is 15.2. The average molecular weight is 334 g/mol. The van der Waals surface area contributed by atoms with Gasteiger partial charge in [-0.3, -0.25) is 14.5 Å². The van der Waals surface area contributed by atoms with Gasteiger partial charge in [0.2, 0.25) is 5.91 Å². The maximum Gasteiger partial charge on any atom is 0.222 e. The number of likely N-dealkylation sites (tertiary alicyclic amines) is 1. The Hall–Kier alpha value is -2.05. The van der Waals surface area contributed by atoms with Gasteiger partial charge in [-0.15, -0.1) is 0 Å². The molecule has 0 aromatic carbocycles. The van der Waals surface area contributed by atoms with Crippen LogP contribution >= 0.6 is 0 Å². The molecule has 7 nitrogen and oxygen atoms in total. The zero-order valence-electron chi connectivity index (χ0n) is 15.2. The molecule has 0 saturated carbocycles. The number of nitrogens with zero attached hydrogens (tertiary/aromatic N) is 4. The molecule has 1 unspecified atom stereocenters. The van der Waals surface area contributed by atoms with Gasteiger partial charge in [-0.25, -0.2) is 0 Å². The third kappa shape index (κ3) is 5.25. The molecule has 1 atom stereocenters. The molecule has 134 valence electrons. The van der Waals surface area contributed by atoms with Crippen LogP contribution in [0.15, 0.2) is 17.4 Å². The Kier molecular flexibility index (Phi) is 6.63. The molecular formula is C17H30N6O. The van der Waals surface area contributed by atoms with Crippen LogP contribution in [0.3, 0.4) is 0 Å². The molecule has 1 aliphatic heterocycles. The fourth-order valence-corrected chi connectivity index (χ4v) is 3.00. The number of hydrogen-bond acceptors (Lipinski definition) is 3. The van der Waals surface area contributed by atoms with E-state index in [1.807, 2.05) is 38.8 Å². The highest BCUT2D eigenvalue weighted by atomic mass is 16.1. The van der Waals surface area contributed by atoms with Crippen LogP contribution in [0.2, 0.25) is 0 Å². The van der Waals surface area contributed by atoms with Crippen molar-refractivity contribution in [3.63, 3.8) is 0 Å². The van der Waals surface area contributed by atoms with E-state index < -0.39 is 0 Å². The second-order valence-corrected chi connectivity index (χ2v) is 6.75. The van der Waals surface area contributed by atoms with E-state index in [-0.39, 0.29) is 11.8 Å². The van der Waals surface area contributed by atoms with Crippen molar-refractivity contribution in [2.24, 2.45) is 23.9 Å². The fourth-order valence-electron chi connectivity index (χ4n) is 3.00. The molecule has 1 amide bonds. The highest BCUT2D eigenvalue weighted by molar-refractivity contribution is 5.80. The first-order valence-electron chi connectivity index (χ1n) is 8.70. The second kappa shape index (κ2) is 8.70. The van der Waals surface area contributed by atoms with Gasteiger partial charge in [0, 0.05) is 52.4 Å². The molecule has 0 bridgehead atoms. The van der Waals surface area contributed by atoms with Crippen LogP contribution in [0.25, 0.3) is 0 Å². The third-order valence-corrected chi connectivity index (χ3v) is 4.31. The van der Waals surface area contributed by atoms with Gasteiger partial charge < -0.3 is 15.5 Å². The van der Waals surface area contributed by atoms with Crippen LogP contribution in [0, 0.1) is 11.8 Å². The summed E-state index contributed by atoms with van der Waals surface area (Å²) in [6, 6.07) is 0. The van der Waals surface area contributed by atoms with E-state index in [2.05, 4.69) is 31.8 Å². The van der Waals surface area contributed by atoms with E-state index in [4.69, 9.17) is 0 Å². The molecule has 7 heteroatoms. The molecule has 0 radical (unpaired) electrons. The monoisotopic (exact) mass is 334 g/mol. The average Bonchev–Trinajstić information content (AvgIpc) is 3.16. The Bertz CT molecular complexity index is 565. The van der Waals surface area contributed by atoms with Gasteiger partial charge in [0.1, 0.15) is 0 Å². The van der Waals surface area contributed by atoms with Crippen LogP contribution < -0.4 is 10.6 Å². The maximum atomic E-state index is 11.5. The molecule has 24 heavy (non-hydrogen) atoms. The molecule has 2 N–H and O–H groups in total. The van der Waals surface area contributed by atoms with Crippen LogP contribution in [0.1, 0.15) is 25.8 Å². The van der Waals surface area contributed by atoms with Gasteiger partial charge in [0.15, 0.2) is 5.96 Å². The SMILES string of the molecule is CN=C(NCCNC(=O)C(C)C)N1CCC(Cc2cnn(C)c2)C1. The number of hydrogen-bond donors (Lipinski definition) is 2. The first-order valence-corrected chi connectivity index (χ1v) is 8.70. The number of carbonyl (C=O) groups is 1.